The molecule has 0 spiro atoms. The number of H-pyrrole nitrogens is 1. The second-order valence-corrected chi connectivity index (χ2v) is 9.17. The van der Waals surface area contributed by atoms with Gasteiger partial charge in [-0.15, -0.1) is 0 Å². The summed E-state index contributed by atoms with van der Waals surface area (Å²) in [6, 6.07) is 20.4. The lowest BCUT2D eigenvalue weighted by Gasteiger charge is -2.11. The van der Waals surface area contributed by atoms with Gasteiger partial charge in [-0.3, -0.25) is 4.79 Å². The minimum Gasteiger partial charge on any atom is -0.494 e. The first-order valence-electron chi connectivity index (χ1n) is 11.6. The second kappa shape index (κ2) is 11.3. The molecule has 0 fully saturated rings. The molecular formula is C28H28ClN3O4. The van der Waals surface area contributed by atoms with Crippen LogP contribution < -0.4 is 4.74 Å². The van der Waals surface area contributed by atoms with Crippen LogP contribution >= 0.6 is 11.6 Å². The molecule has 4 rings (SSSR count). The molecule has 0 atom stereocenters. The monoisotopic (exact) mass is 505 g/mol. The zero-order valence-corrected chi connectivity index (χ0v) is 20.9. The van der Waals surface area contributed by atoms with Gasteiger partial charge in [-0.25, -0.2) is 4.99 Å². The van der Waals surface area contributed by atoms with Crippen molar-refractivity contribution in [3.8, 4) is 11.6 Å². The van der Waals surface area contributed by atoms with Crippen molar-refractivity contribution < 1.29 is 19.7 Å². The summed E-state index contributed by atoms with van der Waals surface area (Å²) in [6.45, 7) is 1.40. The Morgan fingerprint density at radius 2 is 1.78 bits per heavy atom. The number of halogens is 1. The van der Waals surface area contributed by atoms with Gasteiger partial charge in [-0.1, -0.05) is 41.9 Å². The number of aromatic amines is 1. The number of ether oxygens (including phenoxy) is 1. The summed E-state index contributed by atoms with van der Waals surface area (Å²) in [7, 11) is 3.99. The van der Waals surface area contributed by atoms with Crippen molar-refractivity contribution in [2.24, 2.45) is 4.99 Å². The zero-order valence-electron chi connectivity index (χ0n) is 20.2. The fourth-order valence-electron chi connectivity index (χ4n) is 3.83. The number of nitrogens with one attached hydrogen (secondary N) is 1. The van der Waals surface area contributed by atoms with E-state index < -0.39 is 5.97 Å². The molecule has 8 heteroatoms. The molecule has 0 saturated carbocycles. The van der Waals surface area contributed by atoms with E-state index in [-0.39, 0.29) is 12.3 Å². The number of carboxylic acids is 1. The van der Waals surface area contributed by atoms with Gasteiger partial charge in [0.1, 0.15) is 12.4 Å². The molecule has 1 heterocycles. The summed E-state index contributed by atoms with van der Waals surface area (Å²) in [5.41, 5.74) is 4.23. The summed E-state index contributed by atoms with van der Waals surface area (Å²) in [5.74, 6) is -0.0906. The smallest absolute Gasteiger partial charge is 0.303 e. The average Bonchev–Trinajstić information content (AvgIpc) is 3.16. The van der Waals surface area contributed by atoms with Crippen LogP contribution in [0.4, 0.5) is 5.69 Å². The number of carboxylic acid groups (broad SMARTS) is 1. The highest BCUT2D eigenvalue weighted by atomic mass is 35.5. The third kappa shape index (κ3) is 6.24. The number of carbonyl (C=O) groups is 1. The highest BCUT2D eigenvalue weighted by Crippen LogP contribution is 2.33. The Labute approximate surface area is 214 Å². The molecule has 0 aliphatic carbocycles. The summed E-state index contributed by atoms with van der Waals surface area (Å²) in [6.07, 6.45) is 0.501. The SMILES string of the molecule is CN(C)CCOc1ccc(N=C(c2ccc(CCC(=O)O)cc2)c2c(O)[nH]c3cc(Cl)ccc23)cc1. The maximum Gasteiger partial charge on any atom is 0.303 e. The van der Waals surface area contributed by atoms with Crippen LogP contribution in [0.5, 0.6) is 11.6 Å². The van der Waals surface area contributed by atoms with Gasteiger partial charge in [-0.2, -0.15) is 0 Å². The van der Waals surface area contributed by atoms with E-state index in [2.05, 4.69) is 9.88 Å². The van der Waals surface area contributed by atoms with Crippen LogP contribution in [0.15, 0.2) is 71.7 Å². The Bertz CT molecular complexity index is 1380. The first-order chi connectivity index (χ1) is 17.3. The molecule has 7 nitrogen and oxygen atoms in total. The summed E-state index contributed by atoms with van der Waals surface area (Å²) in [5, 5.41) is 21.2. The van der Waals surface area contributed by atoms with Crippen molar-refractivity contribution in [3.05, 3.63) is 88.4 Å². The number of aliphatic imine (C=N–C) groups is 1. The van der Waals surface area contributed by atoms with E-state index in [9.17, 15) is 9.90 Å². The summed E-state index contributed by atoms with van der Waals surface area (Å²) >= 11 is 6.16. The molecule has 3 N–H and O–H groups in total. The Kier molecular flexibility index (Phi) is 7.93. The van der Waals surface area contributed by atoms with E-state index in [0.29, 0.717) is 40.5 Å². The number of rotatable bonds is 10. The van der Waals surface area contributed by atoms with Crippen LogP contribution in [0.2, 0.25) is 5.02 Å². The molecule has 186 valence electrons. The number of likely N-dealkylation sites (N-methyl/N-ethyl adjacent to an activating group) is 1. The molecule has 0 unspecified atom stereocenters. The van der Waals surface area contributed by atoms with Gasteiger partial charge in [-0.05, 0) is 62.5 Å². The molecule has 36 heavy (non-hydrogen) atoms. The number of aliphatic carboxylic acids is 1. The fourth-order valence-corrected chi connectivity index (χ4v) is 4.00. The van der Waals surface area contributed by atoms with Gasteiger partial charge < -0.3 is 24.8 Å². The van der Waals surface area contributed by atoms with Gasteiger partial charge in [0.25, 0.3) is 0 Å². The van der Waals surface area contributed by atoms with Gasteiger partial charge in [0, 0.05) is 28.9 Å². The van der Waals surface area contributed by atoms with Crippen LogP contribution in [0.3, 0.4) is 0 Å². The molecule has 4 aromatic rings. The van der Waals surface area contributed by atoms with Crippen molar-refractivity contribution in [2.45, 2.75) is 12.8 Å². The third-order valence-electron chi connectivity index (χ3n) is 5.72. The summed E-state index contributed by atoms with van der Waals surface area (Å²) < 4.78 is 5.79. The molecule has 0 amide bonds. The maximum atomic E-state index is 10.9. The van der Waals surface area contributed by atoms with E-state index in [4.69, 9.17) is 26.4 Å². The second-order valence-electron chi connectivity index (χ2n) is 8.74. The number of benzene rings is 3. The van der Waals surface area contributed by atoms with E-state index in [1.54, 1.807) is 12.1 Å². The van der Waals surface area contributed by atoms with Crippen molar-refractivity contribution in [1.82, 2.24) is 9.88 Å². The molecule has 0 aliphatic rings. The van der Waals surface area contributed by atoms with Gasteiger partial charge in [0.2, 0.25) is 0 Å². The van der Waals surface area contributed by atoms with Gasteiger partial charge in [0.15, 0.2) is 5.88 Å². The van der Waals surface area contributed by atoms with Crippen LogP contribution in [-0.4, -0.2) is 59.0 Å². The van der Waals surface area contributed by atoms with Crippen LogP contribution in [0.1, 0.15) is 23.1 Å². The van der Waals surface area contributed by atoms with Crippen LogP contribution in [0.25, 0.3) is 10.9 Å². The molecular weight excluding hydrogens is 478 g/mol. The van der Waals surface area contributed by atoms with Crippen molar-refractivity contribution in [3.63, 3.8) is 0 Å². The first kappa shape index (κ1) is 25.3. The van der Waals surface area contributed by atoms with Gasteiger partial charge in [0.05, 0.1) is 22.5 Å². The molecule has 0 radical (unpaired) electrons. The number of nitrogens with zero attached hydrogens (tertiary/aromatic N) is 2. The van der Waals surface area contributed by atoms with Crippen molar-refractivity contribution in [2.75, 3.05) is 27.2 Å². The number of aromatic hydroxyl groups is 1. The predicted octanol–water partition coefficient (Wildman–Crippen LogP) is 5.65. The number of hydrogen-bond acceptors (Lipinski definition) is 5. The first-order valence-corrected chi connectivity index (χ1v) is 12.0. The highest BCUT2D eigenvalue weighted by Gasteiger charge is 2.19. The maximum absolute atomic E-state index is 10.9. The lowest BCUT2D eigenvalue weighted by molar-refractivity contribution is -0.136. The number of aromatic nitrogens is 1. The highest BCUT2D eigenvalue weighted by molar-refractivity contribution is 6.31. The molecule has 0 bridgehead atoms. The number of hydrogen-bond donors (Lipinski definition) is 3. The van der Waals surface area contributed by atoms with E-state index in [0.717, 1.165) is 28.8 Å². The number of fused-ring (bicyclic) bond motifs is 1. The Morgan fingerprint density at radius 1 is 1.06 bits per heavy atom. The molecule has 1 aromatic heterocycles. The Hall–Kier alpha value is -3.81. The molecule has 3 aromatic carbocycles. The largest absolute Gasteiger partial charge is 0.494 e. The lowest BCUT2D eigenvalue weighted by atomic mass is 9.98. The van der Waals surface area contributed by atoms with E-state index >= 15 is 0 Å². The van der Waals surface area contributed by atoms with Crippen molar-refractivity contribution >= 4 is 39.9 Å². The standard InChI is InChI=1S/C28H28ClN3O4/c1-32(2)15-16-36-22-11-9-21(10-12-22)30-27(19-6-3-18(4-7-19)5-14-25(33)34)26-23-13-8-20(29)17-24(23)31-28(26)35/h3-4,6-13,17,31,35H,5,14-16H2,1-2H3,(H,33,34). The third-order valence-corrected chi connectivity index (χ3v) is 5.95. The Balaban J connectivity index is 1.72. The average molecular weight is 506 g/mol. The molecule has 0 saturated heterocycles. The Morgan fingerprint density at radius 3 is 2.44 bits per heavy atom. The molecule has 0 aliphatic heterocycles. The van der Waals surface area contributed by atoms with E-state index in [1.165, 1.54) is 0 Å². The minimum absolute atomic E-state index is 0.00962. The lowest BCUT2D eigenvalue weighted by Crippen LogP contribution is -2.19. The fraction of sp³-hybridized carbons (Fsp3) is 0.214. The van der Waals surface area contributed by atoms with Gasteiger partial charge >= 0.3 is 5.97 Å². The van der Waals surface area contributed by atoms with Crippen molar-refractivity contribution in [1.29, 1.82) is 0 Å². The number of aryl methyl sites for hydroxylation is 1. The quantitative estimate of drug-likeness (QED) is 0.242. The zero-order chi connectivity index (χ0) is 25.7. The van der Waals surface area contributed by atoms with E-state index in [1.807, 2.05) is 68.7 Å². The predicted molar refractivity (Wildman–Crippen MR) is 143 cm³/mol. The summed E-state index contributed by atoms with van der Waals surface area (Å²) in [4.78, 5) is 20.9. The van der Waals surface area contributed by atoms with Crippen LogP contribution in [0, 0.1) is 0 Å². The minimum atomic E-state index is -0.835. The van der Waals surface area contributed by atoms with Crippen LogP contribution in [-0.2, 0) is 11.2 Å². The normalized spacial score (nSPS) is 11.8. The topological polar surface area (TPSA) is 98.2 Å².